The smallest absolute Gasteiger partial charge is 0.165 e. The van der Waals surface area contributed by atoms with Crippen molar-refractivity contribution in [3.05, 3.63) is 47.9 Å². The molecule has 34 heavy (non-hydrogen) atoms. The van der Waals surface area contributed by atoms with Gasteiger partial charge in [-0.3, -0.25) is 0 Å². The van der Waals surface area contributed by atoms with Crippen molar-refractivity contribution in [2.24, 2.45) is 0 Å². The topological polar surface area (TPSA) is 71.3 Å². The van der Waals surface area contributed by atoms with Crippen molar-refractivity contribution < 1.29 is 9.13 Å². The van der Waals surface area contributed by atoms with Crippen molar-refractivity contribution >= 4 is 11.6 Å². The fourth-order valence-electron chi connectivity index (χ4n) is 4.91. The third-order valence-corrected chi connectivity index (χ3v) is 6.79. The minimum Gasteiger partial charge on any atom is -0.494 e. The largest absolute Gasteiger partial charge is 0.494 e. The molecular formula is C25H32FN7O. The molecule has 0 aliphatic carbocycles. The van der Waals surface area contributed by atoms with Crippen LogP contribution in [0.4, 0.5) is 16.0 Å². The zero-order valence-corrected chi connectivity index (χ0v) is 20.1. The first kappa shape index (κ1) is 22.6. The maximum absolute atomic E-state index is 14.0. The SMILES string of the molecule is COc1cc(-c2cn(CCN(C)C)c(C3CCN(c4ncnc5c4CCN5)CC3)n2)ccc1F. The molecule has 1 N–H and O–H groups in total. The lowest BCUT2D eigenvalue weighted by Gasteiger charge is -2.33. The number of piperidine rings is 1. The molecule has 0 radical (unpaired) electrons. The van der Waals surface area contributed by atoms with Crippen LogP contribution in [-0.2, 0) is 13.0 Å². The van der Waals surface area contributed by atoms with Crippen LogP contribution in [-0.4, -0.2) is 71.8 Å². The standard InChI is InChI=1S/C25H32FN7O/c1-31(2)12-13-33-15-21(18-4-5-20(26)22(14-18)34-3)30-24(33)17-7-10-32(11-8-17)25-19-6-9-27-23(19)28-16-29-25/h4-5,14-17H,6-13H2,1-3H3,(H,27,28,29). The Balaban J connectivity index is 1.38. The van der Waals surface area contributed by atoms with Crippen molar-refractivity contribution in [3.8, 4) is 17.0 Å². The molecule has 0 spiro atoms. The van der Waals surface area contributed by atoms with Gasteiger partial charge in [-0.05, 0) is 51.6 Å². The van der Waals surface area contributed by atoms with Crippen LogP contribution in [0.1, 0.15) is 30.1 Å². The highest BCUT2D eigenvalue weighted by Crippen LogP contribution is 2.35. The number of fused-ring (bicyclic) bond motifs is 1. The van der Waals surface area contributed by atoms with Gasteiger partial charge in [0, 0.05) is 56.0 Å². The second-order valence-electron chi connectivity index (χ2n) is 9.29. The summed E-state index contributed by atoms with van der Waals surface area (Å²) in [4.78, 5) is 18.6. The molecule has 1 fully saturated rings. The van der Waals surface area contributed by atoms with Gasteiger partial charge >= 0.3 is 0 Å². The zero-order valence-electron chi connectivity index (χ0n) is 20.1. The maximum Gasteiger partial charge on any atom is 0.165 e. The Bertz CT molecular complexity index is 1150. The zero-order chi connectivity index (χ0) is 23.7. The van der Waals surface area contributed by atoms with Crippen molar-refractivity contribution in [3.63, 3.8) is 0 Å². The van der Waals surface area contributed by atoms with E-state index in [4.69, 9.17) is 9.72 Å². The quantitative estimate of drug-likeness (QED) is 0.573. The molecule has 0 bridgehead atoms. The third-order valence-electron chi connectivity index (χ3n) is 6.79. The van der Waals surface area contributed by atoms with Gasteiger partial charge < -0.3 is 24.4 Å². The number of halogens is 1. The Hall–Kier alpha value is -3.20. The molecule has 2 aliphatic rings. The van der Waals surface area contributed by atoms with Crippen molar-refractivity contribution in [1.82, 2.24) is 24.4 Å². The molecule has 0 amide bonds. The molecule has 2 aromatic heterocycles. The summed E-state index contributed by atoms with van der Waals surface area (Å²) in [7, 11) is 5.64. The lowest BCUT2D eigenvalue weighted by atomic mass is 9.95. The summed E-state index contributed by atoms with van der Waals surface area (Å²) in [5, 5.41) is 3.35. The molecule has 180 valence electrons. The number of hydrogen-bond acceptors (Lipinski definition) is 7. The number of nitrogens with zero attached hydrogens (tertiary/aromatic N) is 6. The molecule has 3 aromatic rings. The van der Waals surface area contributed by atoms with E-state index < -0.39 is 0 Å². The molecule has 4 heterocycles. The summed E-state index contributed by atoms with van der Waals surface area (Å²) in [6, 6.07) is 4.94. The van der Waals surface area contributed by atoms with E-state index >= 15 is 0 Å². The van der Waals surface area contributed by atoms with Crippen LogP contribution in [0.2, 0.25) is 0 Å². The average Bonchev–Trinajstić information content (AvgIpc) is 3.50. The minimum atomic E-state index is -0.364. The normalized spacial score (nSPS) is 16.1. The van der Waals surface area contributed by atoms with E-state index in [1.807, 2.05) is 0 Å². The number of rotatable bonds is 7. The fraction of sp³-hybridized carbons (Fsp3) is 0.480. The fourth-order valence-corrected chi connectivity index (χ4v) is 4.91. The predicted molar refractivity (Wildman–Crippen MR) is 131 cm³/mol. The van der Waals surface area contributed by atoms with Gasteiger partial charge in [0.25, 0.3) is 0 Å². The Labute approximate surface area is 199 Å². The summed E-state index contributed by atoms with van der Waals surface area (Å²) >= 11 is 0. The van der Waals surface area contributed by atoms with Crippen LogP contribution in [0.25, 0.3) is 11.3 Å². The van der Waals surface area contributed by atoms with E-state index in [0.717, 1.165) is 80.7 Å². The number of benzene rings is 1. The van der Waals surface area contributed by atoms with E-state index in [9.17, 15) is 4.39 Å². The molecular weight excluding hydrogens is 433 g/mol. The van der Waals surface area contributed by atoms with Gasteiger partial charge in [0.15, 0.2) is 11.6 Å². The summed E-state index contributed by atoms with van der Waals surface area (Å²) in [5.74, 6) is 3.39. The molecule has 2 aliphatic heterocycles. The number of methoxy groups -OCH3 is 1. The third kappa shape index (κ3) is 4.44. The average molecular weight is 466 g/mol. The van der Waals surface area contributed by atoms with Gasteiger partial charge in [-0.2, -0.15) is 0 Å². The molecule has 0 atom stereocenters. The van der Waals surface area contributed by atoms with Gasteiger partial charge in [0.2, 0.25) is 0 Å². The first-order chi connectivity index (χ1) is 16.5. The lowest BCUT2D eigenvalue weighted by molar-refractivity contribution is 0.372. The van der Waals surface area contributed by atoms with Crippen molar-refractivity contribution in [2.75, 3.05) is 57.6 Å². The van der Waals surface area contributed by atoms with E-state index in [0.29, 0.717) is 5.92 Å². The Kier molecular flexibility index (Phi) is 6.36. The molecule has 1 saturated heterocycles. The van der Waals surface area contributed by atoms with Gasteiger partial charge in [0.1, 0.15) is 23.8 Å². The number of ether oxygens (including phenoxy) is 1. The second-order valence-corrected chi connectivity index (χ2v) is 9.29. The highest BCUT2D eigenvalue weighted by molar-refractivity contribution is 5.63. The molecule has 0 saturated carbocycles. The molecule has 1 aromatic carbocycles. The van der Waals surface area contributed by atoms with E-state index in [-0.39, 0.29) is 11.6 Å². The maximum atomic E-state index is 14.0. The molecule has 8 nitrogen and oxygen atoms in total. The monoisotopic (exact) mass is 465 g/mol. The van der Waals surface area contributed by atoms with Crippen LogP contribution < -0.4 is 15.0 Å². The molecule has 5 rings (SSSR count). The van der Waals surface area contributed by atoms with Crippen LogP contribution >= 0.6 is 0 Å². The van der Waals surface area contributed by atoms with Gasteiger partial charge in [-0.15, -0.1) is 0 Å². The highest BCUT2D eigenvalue weighted by Gasteiger charge is 2.28. The van der Waals surface area contributed by atoms with Gasteiger partial charge in [-0.1, -0.05) is 0 Å². The van der Waals surface area contributed by atoms with E-state index in [1.54, 1.807) is 18.5 Å². The summed E-state index contributed by atoms with van der Waals surface area (Å²) < 4.78 is 21.4. The Morgan fingerprint density at radius 1 is 1.21 bits per heavy atom. The number of likely N-dealkylation sites (N-methyl/N-ethyl adjacent to an activating group) is 1. The van der Waals surface area contributed by atoms with Crippen LogP contribution in [0.5, 0.6) is 5.75 Å². The molecule has 0 unspecified atom stereocenters. The van der Waals surface area contributed by atoms with E-state index in [2.05, 4.69) is 49.9 Å². The summed E-state index contributed by atoms with van der Waals surface area (Å²) in [5.41, 5.74) is 2.96. The number of nitrogens with one attached hydrogen (secondary N) is 1. The van der Waals surface area contributed by atoms with Crippen molar-refractivity contribution in [2.45, 2.75) is 31.7 Å². The first-order valence-corrected chi connectivity index (χ1v) is 11.9. The Morgan fingerprint density at radius 2 is 2.03 bits per heavy atom. The number of hydrogen-bond donors (Lipinski definition) is 1. The van der Waals surface area contributed by atoms with Crippen LogP contribution in [0.15, 0.2) is 30.7 Å². The van der Waals surface area contributed by atoms with Crippen molar-refractivity contribution in [1.29, 1.82) is 0 Å². The number of anilines is 2. The summed E-state index contributed by atoms with van der Waals surface area (Å²) in [6.07, 6.45) is 6.76. The van der Waals surface area contributed by atoms with Gasteiger partial charge in [-0.25, -0.2) is 19.3 Å². The predicted octanol–water partition coefficient (Wildman–Crippen LogP) is 3.40. The van der Waals surface area contributed by atoms with Crippen LogP contribution in [0, 0.1) is 5.82 Å². The number of imidazole rings is 1. The summed E-state index contributed by atoms with van der Waals surface area (Å²) in [6.45, 7) is 4.59. The minimum absolute atomic E-state index is 0.238. The van der Waals surface area contributed by atoms with Crippen LogP contribution in [0.3, 0.4) is 0 Å². The second kappa shape index (κ2) is 9.58. The Morgan fingerprint density at radius 3 is 2.79 bits per heavy atom. The van der Waals surface area contributed by atoms with Gasteiger partial charge in [0.05, 0.1) is 12.8 Å². The first-order valence-electron chi connectivity index (χ1n) is 11.9. The lowest BCUT2D eigenvalue weighted by Crippen LogP contribution is -2.35. The molecule has 9 heteroatoms. The highest BCUT2D eigenvalue weighted by atomic mass is 19.1. The number of aromatic nitrogens is 4. The van der Waals surface area contributed by atoms with E-state index in [1.165, 1.54) is 18.7 Å².